The van der Waals surface area contributed by atoms with Crippen LogP contribution in [-0.4, -0.2) is 32.6 Å². The summed E-state index contributed by atoms with van der Waals surface area (Å²) in [7, 11) is 1.67. The molecule has 4 nitrogen and oxygen atoms in total. The molecule has 1 aliphatic rings. The van der Waals surface area contributed by atoms with Crippen LogP contribution in [0.4, 0.5) is 11.4 Å². The lowest BCUT2D eigenvalue weighted by atomic mass is 10.0. The molecule has 0 spiro atoms. The Morgan fingerprint density at radius 2 is 2.33 bits per heavy atom. The van der Waals surface area contributed by atoms with Gasteiger partial charge in [-0.25, -0.2) is 0 Å². The summed E-state index contributed by atoms with van der Waals surface area (Å²) >= 11 is 0. The van der Waals surface area contributed by atoms with E-state index >= 15 is 0 Å². The molecule has 4 heteroatoms. The molecule has 0 aromatic heterocycles. The molecule has 1 aromatic rings. The number of benzene rings is 1. The van der Waals surface area contributed by atoms with E-state index in [0.29, 0.717) is 6.54 Å². The first-order valence-corrected chi connectivity index (χ1v) is 6.57. The predicted molar refractivity (Wildman–Crippen MR) is 75.2 cm³/mol. The summed E-state index contributed by atoms with van der Waals surface area (Å²) in [5.41, 5.74) is 3.70. The second kappa shape index (κ2) is 5.76. The normalized spacial score (nSPS) is 13.4. The Morgan fingerprint density at radius 3 is 3.06 bits per heavy atom. The van der Waals surface area contributed by atoms with Gasteiger partial charge in [-0.15, -0.1) is 0 Å². The maximum absolute atomic E-state index is 11.5. The second-order valence-corrected chi connectivity index (χ2v) is 4.56. The zero-order chi connectivity index (χ0) is 13.0. The van der Waals surface area contributed by atoms with Crippen molar-refractivity contribution in [1.82, 2.24) is 5.32 Å². The standard InChI is InChI=1S/C14H21N3O/c1-3-17(10-14(18)15-2)12-7-6-11-5-4-8-16-13(11)9-12/h6-7,9,16H,3-5,8,10H2,1-2H3,(H,15,18). The van der Waals surface area contributed by atoms with Crippen LogP contribution in [0, 0.1) is 0 Å². The summed E-state index contributed by atoms with van der Waals surface area (Å²) in [5.74, 6) is 0.0440. The van der Waals surface area contributed by atoms with E-state index in [-0.39, 0.29) is 5.91 Å². The van der Waals surface area contributed by atoms with E-state index in [2.05, 4.69) is 40.7 Å². The summed E-state index contributed by atoms with van der Waals surface area (Å²) in [6.07, 6.45) is 2.34. The molecule has 0 unspecified atom stereocenters. The third-order valence-corrected chi connectivity index (χ3v) is 3.39. The van der Waals surface area contributed by atoms with Crippen molar-refractivity contribution in [3.8, 4) is 0 Å². The smallest absolute Gasteiger partial charge is 0.239 e. The summed E-state index contributed by atoms with van der Waals surface area (Å²) < 4.78 is 0. The maximum Gasteiger partial charge on any atom is 0.239 e. The van der Waals surface area contributed by atoms with Gasteiger partial charge in [-0.2, -0.15) is 0 Å². The van der Waals surface area contributed by atoms with Crippen molar-refractivity contribution < 1.29 is 4.79 Å². The Morgan fingerprint density at radius 1 is 1.50 bits per heavy atom. The minimum absolute atomic E-state index is 0.0440. The van der Waals surface area contributed by atoms with Crippen molar-refractivity contribution >= 4 is 17.3 Å². The molecule has 2 N–H and O–H groups in total. The number of fused-ring (bicyclic) bond motifs is 1. The zero-order valence-corrected chi connectivity index (χ0v) is 11.1. The fourth-order valence-corrected chi connectivity index (χ4v) is 2.28. The third kappa shape index (κ3) is 2.75. The largest absolute Gasteiger partial charge is 0.385 e. The number of aryl methyl sites for hydroxylation is 1. The van der Waals surface area contributed by atoms with Crippen LogP contribution in [0.2, 0.25) is 0 Å². The van der Waals surface area contributed by atoms with E-state index in [4.69, 9.17) is 0 Å². The molecular formula is C14H21N3O. The molecule has 0 bridgehead atoms. The van der Waals surface area contributed by atoms with Gasteiger partial charge in [-0.1, -0.05) is 6.07 Å². The molecule has 0 atom stereocenters. The van der Waals surface area contributed by atoms with Crippen LogP contribution in [0.5, 0.6) is 0 Å². The van der Waals surface area contributed by atoms with Gasteiger partial charge < -0.3 is 15.5 Å². The lowest BCUT2D eigenvalue weighted by molar-refractivity contribution is -0.119. The summed E-state index contributed by atoms with van der Waals surface area (Å²) in [6, 6.07) is 6.43. The summed E-state index contributed by atoms with van der Waals surface area (Å²) in [4.78, 5) is 13.6. The molecule has 1 heterocycles. The first-order chi connectivity index (χ1) is 8.74. The highest BCUT2D eigenvalue weighted by atomic mass is 16.1. The van der Waals surface area contributed by atoms with Crippen molar-refractivity contribution in [2.45, 2.75) is 19.8 Å². The number of rotatable bonds is 4. The average molecular weight is 247 g/mol. The van der Waals surface area contributed by atoms with E-state index < -0.39 is 0 Å². The first-order valence-electron chi connectivity index (χ1n) is 6.57. The molecule has 0 aliphatic carbocycles. The number of nitrogens with one attached hydrogen (secondary N) is 2. The molecule has 1 aromatic carbocycles. The van der Waals surface area contributed by atoms with Crippen LogP contribution in [0.25, 0.3) is 0 Å². The number of anilines is 2. The average Bonchev–Trinajstić information content (AvgIpc) is 2.44. The van der Waals surface area contributed by atoms with E-state index in [1.807, 2.05) is 0 Å². The molecule has 0 saturated carbocycles. The first kappa shape index (κ1) is 12.7. The van der Waals surface area contributed by atoms with Crippen LogP contribution in [0.15, 0.2) is 18.2 Å². The quantitative estimate of drug-likeness (QED) is 0.849. The van der Waals surface area contributed by atoms with Crippen LogP contribution in [-0.2, 0) is 11.2 Å². The minimum Gasteiger partial charge on any atom is -0.385 e. The van der Waals surface area contributed by atoms with Gasteiger partial charge in [0.1, 0.15) is 0 Å². The van der Waals surface area contributed by atoms with Crippen LogP contribution >= 0.6 is 0 Å². The fourth-order valence-electron chi connectivity index (χ4n) is 2.28. The number of hydrogen-bond donors (Lipinski definition) is 2. The van der Waals surface area contributed by atoms with Gasteiger partial charge >= 0.3 is 0 Å². The topological polar surface area (TPSA) is 44.4 Å². The third-order valence-electron chi connectivity index (χ3n) is 3.39. The van der Waals surface area contributed by atoms with Crippen LogP contribution in [0.3, 0.4) is 0 Å². The van der Waals surface area contributed by atoms with Gasteiger partial charge in [0.2, 0.25) is 5.91 Å². The van der Waals surface area contributed by atoms with Crippen molar-refractivity contribution in [1.29, 1.82) is 0 Å². The summed E-state index contributed by atoms with van der Waals surface area (Å²) in [5, 5.41) is 6.09. The van der Waals surface area contributed by atoms with Crippen LogP contribution < -0.4 is 15.5 Å². The van der Waals surface area contributed by atoms with Gasteiger partial charge in [0.05, 0.1) is 6.54 Å². The SMILES string of the molecule is CCN(CC(=O)NC)c1ccc2c(c1)NCCC2. The molecule has 18 heavy (non-hydrogen) atoms. The Hall–Kier alpha value is -1.71. The lowest BCUT2D eigenvalue weighted by Gasteiger charge is -2.25. The molecular weight excluding hydrogens is 226 g/mol. The lowest BCUT2D eigenvalue weighted by Crippen LogP contribution is -2.35. The van der Waals surface area contributed by atoms with E-state index in [9.17, 15) is 4.79 Å². The predicted octanol–water partition coefficient (Wildman–Crippen LogP) is 1.62. The van der Waals surface area contributed by atoms with Crippen molar-refractivity contribution in [2.75, 3.05) is 36.9 Å². The molecule has 0 fully saturated rings. The molecule has 1 amide bonds. The van der Waals surface area contributed by atoms with Gasteiger partial charge in [0, 0.05) is 31.5 Å². The summed E-state index contributed by atoms with van der Waals surface area (Å²) in [6.45, 7) is 4.34. The number of hydrogen-bond acceptors (Lipinski definition) is 3. The number of nitrogens with zero attached hydrogens (tertiary/aromatic N) is 1. The highest BCUT2D eigenvalue weighted by Gasteiger charge is 2.13. The van der Waals surface area contributed by atoms with E-state index in [1.165, 1.54) is 17.7 Å². The van der Waals surface area contributed by atoms with Crippen molar-refractivity contribution in [3.63, 3.8) is 0 Å². The van der Waals surface area contributed by atoms with Gasteiger partial charge in [0.25, 0.3) is 0 Å². The highest BCUT2D eigenvalue weighted by molar-refractivity contribution is 5.81. The molecule has 2 rings (SSSR count). The molecule has 1 aliphatic heterocycles. The molecule has 0 saturated heterocycles. The number of likely N-dealkylation sites (N-methyl/N-ethyl adjacent to an activating group) is 2. The highest BCUT2D eigenvalue weighted by Crippen LogP contribution is 2.27. The van der Waals surface area contributed by atoms with E-state index in [0.717, 1.165) is 25.2 Å². The Bertz CT molecular complexity index is 431. The number of amides is 1. The molecule has 98 valence electrons. The van der Waals surface area contributed by atoms with Gasteiger partial charge in [-0.05, 0) is 37.5 Å². The van der Waals surface area contributed by atoms with E-state index in [1.54, 1.807) is 7.05 Å². The monoisotopic (exact) mass is 247 g/mol. The zero-order valence-electron chi connectivity index (χ0n) is 11.1. The number of carbonyl (C=O) groups is 1. The van der Waals surface area contributed by atoms with Crippen LogP contribution in [0.1, 0.15) is 18.9 Å². The second-order valence-electron chi connectivity index (χ2n) is 4.56. The Kier molecular flexibility index (Phi) is 4.07. The Balaban J connectivity index is 2.18. The van der Waals surface area contributed by atoms with Crippen molar-refractivity contribution in [2.24, 2.45) is 0 Å². The molecule has 0 radical (unpaired) electrons. The minimum atomic E-state index is 0.0440. The van der Waals surface area contributed by atoms with Gasteiger partial charge in [0.15, 0.2) is 0 Å². The Labute approximate surface area is 108 Å². The fraction of sp³-hybridized carbons (Fsp3) is 0.500. The maximum atomic E-state index is 11.5. The number of carbonyl (C=O) groups excluding carboxylic acids is 1. The van der Waals surface area contributed by atoms with Gasteiger partial charge in [-0.3, -0.25) is 4.79 Å². The van der Waals surface area contributed by atoms with Crippen molar-refractivity contribution in [3.05, 3.63) is 23.8 Å².